The van der Waals surface area contributed by atoms with Gasteiger partial charge in [0, 0.05) is 31.6 Å². The first-order valence-corrected chi connectivity index (χ1v) is 12.7. The predicted octanol–water partition coefficient (Wildman–Crippen LogP) is 3.39. The molecule has 1 aliphatic rings. The Kier molecular flexibility index (Phi) is 8.02. The number of hydrogen-bond acceptors (Lipinski definition) is 5. The number of hydrogen-bond donors (Lipinski definition) is 1. The lowest BCUT2D eigenvalue weighted by Crippen LogP contribution is -2.43. The molecule has 0 atom stereocenters. The van der Waals surface area contributed by atoms with E-state index in [4.69, 9.17) is 9.47 Å². The van der Waals surface area contributed by atoms with Gasteiger partial charge in [0.15, 0.2) is 0 Å². The second kappa shape index (κ2) is 10.6. The Morgan fingerprint density at radius 2 is 1.67 bits per heavy atom. The summed E-state index contributed by atoms with van der Waals surface area (Å²) in [6.45, 7) is 6.82. The first kappa shape index (κ1) is 25.1. The van der Waals surface area contributed by atoms with Crippen LogP contribution < -0.4 is 14.8 Å². The molecule has 1 fully saturated rings. The number of nitrogens with zero attached hydrogens (tertiary/aromatic N) is 1. The fraction of sp³-hybridized carbons (Fsp3) is 0.480. The van der Waals surface area contributed by atoms with Gasteiger partial charge in [-0.05, 0) is 62.8 Å². The molecule has 2 aromatic rings. The van der Waals surface area contributed by atoms with Crippen LogP contribution in [0.1, 0.15) is 35.1 Å². The van der Waals surface area contributed by atoms with Crippen LogP contribution in [0.5, 0.6) is 11.5 Å². The van der Waals surface area contributed by atoms with E-state index in [0.29, 0.717) is 43.8 Å². The zero-order valence-electron chi connectivity index (χ0n) is 20.1. The van der Waals surface area contributed by atoms with Crippen molar-refractivity contribution in [3.63, 3.8) is 0 Å². The van der Waals surface area contributed by atoms with Gasteiger partial charge in [-0.2, -0.15) is 4.31 Å². The van der Waals surface area contributed by atoms with E-state index in [-0.39, 0.29) is 11.8 Å². The van der Waals surface area contributed by atoms with E-state index in [1.165, 1.54) is 4.31 Å². The van der Waals surface area contributed by atoms with Crippen LogP contribution in [-0.4, -0.2) is 52.5 Å². The molecule has 180 valence electrons. The van der Waals surface area contributed by atoms with Crippen LogP contribution in [0.15, 0.2) is 35.2 Å². The van der Waals surface area contributed by atoms with Crippen LogP contribution in [0.3, 0.4) is 0 Å². The number of rotatable bonds is 8. The van der Waals surface area contributed by atoms with E-state index in [9.17, 15) is 13.2 Å². The number of sulfonamides is 1. The number of carbonyl (C=O) groups is 1. The minimum Gasteiger partial charge on any atom is -0.497 e. The second-order valence-electron chi connectivity index (χ2n) is 8.63. The van der Waals surface area contributed by atoms with Gasteiger partial charge < -0.3 is 14.8 Å². The molecule has 1 saturated heterocycles. The average Bonchev–Trinajstić information content (AvgIpc) is 2.78. The van der Waals surface area contributed by atoms with Crippen molar-refractivity contribution < 1.29 is 22.7 Å². The minimum absolute atomic E-state index is 0.0257. The van der Waals surface area contributed by atoms with Crippen molar-refractivity contribution in [1.82, 2.24) is 9.62 Å². The molecule has 1 N–H and O–H groups in total. The number of nitrogens with one attached hydrogen (secondary N) is 1. The van der Waals surface area contributed by atoms with Crippen molar-refractivity contribution in [2.45, 2.75) is 44.9 Å². The summed E-state index contributed by atoms with van der Waals surface area (Å²) in [5, 5.41) is 3.00. The van der Waals surface area contributed by atoms with E-state index in [2.05, 4.69) is 5.32 Å². The van der Waals surface area contributed by atoms with Gasteiger partial charge in [-0.3, -0.25) is 4.79 Å². The summed E-state index contributed by atoms with van der Waals surface area (Å²) in [6.07, 6.45) is 1.67. The number of methoxy groups -OCH3 is 2. The average molecular weight is 475 g/mol. The lowest BCUT2D eigenvalue weighted by molar-refractivity contribution is -0.126. The summed E-state index contributed by atoms with van der Waals surface area (Å²) in [4.78, 5) is 13.1. The molecule has 1 aliphatic heterocycles. The predicted molar refractivity (Wildman–Crippen MR) is 128 cm³/mol. The molecule has 1 amide bonds. The van der Waals surface area contributed by atoms with Crippen LogP contribution in [0.4, 0.5) is 0 Å². The molecule has 3 rings (SSSR count). The normalized spacial score (nSPS) is 15.3. The largest absolute Gasteiger partial charge is 0.497 e. The van der Waals surface area contributed by atoms with Crippen molar-refractivity contribution in [2.24, 2.45) is 5.92 Å². The fourth-order valence-electron chi connectivity index (χ4n) is 4.58. The van der Waals surface area contributed by atoms with Crippen LogP contribution in [0.25, 0.3) is 0 Å². The highest BCUT2D eigenvalue weighted by Crippen LogP contribution is 2.29. The van der Waals surface area contributed by atoms with Gasteiger partial charge in [0.2, 0.25) is 15.9 Å². The van der Waals surface area contributed by atoms with E-state index < -0.39 is 10.0 Å². The minimum atomic E-state index is -3.58. The van der Waals surface area contributed by atoms with E-state index in [1.807, 2.05) is 51.1 Å². The lowest BCUT2D eigenvalue weighted by atomic mass is 9.97. The molecule has 0 radical (unpaired) electrons. The van der Waals surface area contributed by atoms with Crippen molar-refractivity contribution in [1.29, 1.82) is 0 Å². The molecule has 7 nitrogen and oxygen atoms in total. The zero-order chi connectivity index (χ0) is 24.2. The summed E-state index contributed by atoms with van der Waals surface area (Å²) in [5.41, 5.74) is 3.57. The molecule has 0 bridgehead atoms. The Hall–Kier alpha value is -2.58. The summed E-state index contributed by atoms with van der Waals surface area (Å²) < 4.78 is 38.7. The molecular formula is C25H34N2O5S. The highest BCUT2D eigenvalue weighted by atomic mass is 32.2. The first-order chi connectivity index (χ1) is 15.7. The molecule has 8 heteroatoms. The fourth-order valence-corrected chi connectivity index (χ4v) is 6.47. The number of aryl methyl sites for hydroxylation is 3. The summed E-state index contributed by atoms with van der Waals surface area (Å²) in [6, 6.07) is 9.43. The first-order valence-electron chi connectivity index (χ1n) is 11.2. The summed E-state index contributed by atoms with van der Waals surface area (Å²) >= 11 is 0. The Bertz CT molecular complexity index is 1080. The smallest absolute Gasteiger partial charge is 0.243 e. The van der Waals surface area contributed by atoms with Crippen LogP contribution in [0.2, 0.25) is 0 Å². The topological polar surface area (TPSA) is 84.9 Å². The maximum atomic E-state index is 13.3. The SMILES string of the molecule is COc1ccc(CCNC(=O)C2CCN(S(=O)(=O)c3c(C)cc(C)cc3C)CC2)c(OC)c1. The zero-order valence-corrected chi connectivity index (χ0v) is 20.9. The van der Waals surface area contributed by atoms with E-state index in [1.54, 1.807) is 14.2 Å². The second-order valence-corrected chi connectivity index (χ2v) is 10.5. The Labute approximate surface area is 197 Å². The van der Waals surface area contributed by atoms with Crippen molar-refractivity contribution in [3.8, 4) is 11.5 Å². The Morgan fingerprint density at radius 1 is 1.03 bits per heavy atom. The number of piperidine rings is 1. The van der Waals surface area contributed by atoms with Gasteiger partial charge >= 0.3 is 0 Å². The number of ether oxygens (including phenoxy) is 2. The third kappa shape index (κ3) is 5.68. The van der Waals surface area contributed by atoms with Crippen LogP contribution >= 0.6 is 0 Å². The third-order valence-corrected chi connectivity index (χ3v) is 8.42. The van der Waals surface area contributed by atoms with Gasteiger partial charge in [-0.25, -0.2) is 8.42 Å². The van der Waals surface area contributed by atoms with Gasteiger partial charge in [-0.15, -0.1) is 0 Å². The Morgan fingerprint density at radius 3 is 2.24 bits per heavy atom. The molecule has 33 heavy (non-hydrogen) atoms. The van der Waals surface area contributed by atoms with E-state index >= 15 is 0 Å². The molecule has 1 heterocycles. The molecule has 0 aromatic heterocycles. The quantitative estimate of drug-likeness (QED) is 0.634. The molecule has 0 spiro atoms. The lowest BCUT2D eigenvalue weighted by Gasteiger charge is -2.31. The Balaban J connectivity index is 1.55. The summed E-state index contributed by atoms with van der Waals surface area (Å²) in [7, 11) is -0.363. The number of amides is 1. The number of carbonyl (C=O) groups excluding carboxylic acids is 1. The standard InChI is InChI=1S/C25H34N2O5S/c1-17-14-18(2)24(19(3)15-17)33(29,30)27-12-9-21(10-13-27)25(28)26-11-8-20-6-7-22(31-4)16-23(20)32-5/h6-7,14-16,21H,8-13H2,1-5H3,(H,26,28). The van der Waals surface area contributed by atoms with Crippen LogP contribution in [-0.2, 0) is 21.2 Å². The van der Waals surface area contributed by atoms with Gasteiger partial charge in [0.05, 0.1) is 19.1 Å². The third-order valence-electron chi connectivity index (χ3n) is 6.22. The van der Waals surface area contributed by atoms with Gasteiger partial charge in [-0.1, -0.05) is 23.8 Å². The van der Waals surface area contributed by atoms with Crippen molar-refractivity contribution >= 4 is 15.9 Å². The molecule has 0 saturated carbocycles. The molecule has 0 aliphatic carbocycles. The van der Waals surface area contributed by atoms with Crippen molar-refractivity contribution in [2.75, 3.05) is 33.9 Å². The number of benzene rings is 2. The maximum Gasteiger partial charge on any atom is 0.243 e. The monoisotopic (exact) mass is 474 g/mol. The summed E-state index contributed by atoms with van der Waals surface area (Å²) in [5.74, 6) is 1.23. The van der Waals surface area contributed by atoms with Gasteiger partial charge in [0.25, 0.3) is 0 Å². The highest BCUT2D eigenvalue weighted by Gasteiger charge is 2.33. The maximum absolute atomic E-state index is 13.3. The highest BCUT2D eigenvalue weighted by molar-refractivity contribution is 7.89. The van der Waals surface area contributed by atoms with Gasteiger partial charge in [0.1, 0.15) is 11.5 Å². The molecular weight excluding hydrogens is 440 g/mol. The molecule has 0 unspecified atom stereocenters. The van der Waals surface area contributed by atoms with Crippen molar-refractivity contribution in [3.05, 3.63) is 52.6 Å². The van der Waals surface area contributed by atoms with E-state index in [0.717, 1.165) is 33.8 Å². The van der Waals surface area contributed by atoms with Crippen LogP contribution in [0, 0.1) is 26.7 Å². The molecule has 2 aromatic carbocycles.